The van der Waals surface area contributed by atoms with E-state index in [0.717, 1.165) is 0 Å². The van der Waals surface area contributed by atoms with E-state index in [1.165, 1.54) is 0 Å². The first kappa shape index (κ1) is 8.04. The zero-order valence-electron chi connectivity index (χ0n) is 4.49. The smallest absolute Gasteiger partial charge is 0.267 e. The molecule has 0 saturated heterocycles. The molecule has 1 aromatic heterocycles. The molecule has 1 N–H and O–H groups in total. The van der Waals surface area contributed by atoms with Crippen molar-refractivity contribution >= 4 is 39.1 Å². The maximum Gasteiger partial charge on any atom is 0.267 e. The Morgan fingerprint density at radius 1 is 1.50 bits per heavy atom. The minimum absolute atomic E-state index is 0.0156. The largest absolute Gasteiger partial charge is 0.296 e. The molecule has 0 aromatic carbocycles. The molecule has 0 atom stereocenters. The number of rotatable bonds is 0. The van der Waals surface area contributed by atoms with Crippen molar-refractivity contribution in [2.75, 3.05) is 0 Å². The van der Waals surface area contributed by atoms with Crippen molar-refractivity contribution in [2.45, 2.75) is 0 Å². The summed E-state index contributed by atoms with van der Waals surface area (Å²) in [5, 5.41) is 0.0481. The topological polar surface area (TPSA) is 45.8 Å². The molecule has 1 heterocycles. The first-order chi connectivity index (χ1) is 4.61. The van der Waals surface area contributed by atoms with Gasteiger partial charge in [-0.1, -0.05) is 11.6 Å². The Hall–Kier alpha value is -0.0600. The second-order valence-electron chi connectivity index (χ2n) is 1.46. The van der Waals surface area contributed by atoms with Crippen LogP contribution in [-0.2, 0) is 0 Å². The summed E-state index contributed by atoms with van der Waals surface area (Å²) in [6.07, 6.45) is 0. The van der Waals surface area contributed by atoms with Crippen molar-refractivity contribution in [3.63, 3.8) is 0 Å². The van der Waals surface area contributed by atoms with Crippen LogP contribution in [0.3, 0.4) is 0 Å². The van der Waals surface area contributed by atoms with Crippen LogP contribution in [0, 0.1) is 0 Å². The fourth-order valence-corrected chi connectivity index (χ4v) is 0.977. The normalized spacial score (nSPS) is 9.90. The van der Waals surface area contributed by atoms with E-state index in [1.54, 1.807) is 0 Å². The van der Waals surface area contributed by atoms with Gasteiger partial charge in [0.2, 0.25) is 5.28 Å². The van der Waals surface area contributed by atoms with Crippen molar-refractivity contribution in [3.05, 3.63) is 25.3 Å². The van der Waals surface area contributed by atoms with Crippen molar-refractivity contribution in [1.29, 1.82) is 0 Å². The highest BCUT2D eigenvalue weighted by atomic mass is 79.9. The zero-order chi connectivity index (χ0) is 7.72. The van der Waals surface area contributed by atoms with E-state index in [1.807, 2.05) is 0 Å². The first-order valence-electron chi connectivity index (χ1n) is 2.22. The van der Waals surface area contributed by atoms with Gasteiger partial charge in [-0.05, 0) is 27.5 Å². The van der Waals surface area contributed by atoms with Crippen LogP contribution in [0.1, 0.15) is 0 Å². The summed E-state index contributed by atoms with van der Waals surface area (Å²) in [5.41, 5.74) is -0.384. The van der Waals surface area contributed by atoms with E-state index in [9.17, 15) is 4.79 Å². The van der Waals surface area contributed by atoms with Gasteiger partial charge in [-0.25, -0.2) is 4.98 Å². The highest BCUT2D eigenvalue weighted by Crippen LogP contribution is 2.15. The number of aromatic amines is 1. The molecular formula is C4HBrCl2N2O. The second-order valence-corrected chi connectivity index (χ2v) is 2.97. The van der Waals surface area contributed by atoms with E-state index in [2.05, 4.69) is 25.9 Å². The number of halogens is 3. The number of nitrogens with zero attached hydrogens (tertiary/aromatic N) is 1. The second kappa shape index (κ2) is 2.90. The lowest BCUT2D eigenvalue weighted by Gasteiger charge is -1.92. The van der Waals surface area contributed by atoms with Gasteiger partial charge in [-0.3, -0.25) is 9.78 Å². The zero-order valence-corrected chi connectivity index (χ0v) is 7.59. The molecule has 0 aliphatic carbocycles. The third kappa shape index (κ3) is 1.51. The van der Waals surface area contributed by atoms with Crippen LogP contribution >= 0.6 is 39.1 Å². The number of nitrogens with one attached hydrogen (secondary N) is 1. The van der Waals surface area contributed by atoms with Gasteiger partial charge < -0.3 is 0 Å². The number of H-pyrrole nitrogens is 1. The van der Waals surface area contributed by atoms with Gasteiger partial charge in [-0.2, -0.15) is 0 Å². The predicted octanol–water partition coefficient (Wildman–Crippen LogP) is 1.84. The maximum absolute atomic E-state index is 10.7. The molecule has 0 unspecified atom stereocenters. The van der Waals surface area contributed by atoms with Gasteiger partial charge in [0.25, 0.3) is 5.56 Å². The molecule has 6 heteroatoms. The molecule has 0 aliphatic rings. The number of hydrogen-bond donors (Lipinski definition) is 1. The Kier molecular flexibility index (Phi) is 2.33. The van der Waals surface area contributed by atoms with Gasteiger partial charge in [0, 0.05) is 0 Å². The average Bonchev–Trinajstić information content (AvgIpc) is 1.82. The third-order valence-electron chi connectivity index (χ3n) is 0.793. The lowest BCUT2D eigenvalue weighted by atomic mass is 10.7. The van der Waals surface area contributed by atoms with Crippen LogP contribution in [0.5, 0.6) is 0 Å². The first-order valence-corrected chi connectivity index (χ1v) is 3.77. The van der Waals surface area contributed by atoms with Gasteiger partial charge in [0.05, 0.1) is 0 Å². The molecule has 3 nitrogen and oxygen atoms in total. The molecule has 0 fully saturated rings. The molecular weight excluding hydrogens is 243 g/mol. The molecule has 0 radical (unpaired) electrons. The van der Waals surface area contributed by atoms with E-state index < -0.39 is 0 Å². The van der Waals surface area contributed by atoms with Crippen LogP contribution in [0.2, 0.25) is 10.4 Å². The Morgan fingerprint density at radius 2 is 2.10 bits per heavy atom. The maximum atomic E-state index is 10.7. The van der Waals surface area contributed by atoms with Crippen molar-refractivity contribution in [2.24, 2.45) is 0 Å². The molecule has 0 aliphatic heterocycles. The molecule has 54 valence electrons. The summed E-state index contributed by atoms with van der Waals surface area (Å²) in [7, 11) is 0. The standard InChI is InChI=1S/C4HBrCl2N2O/c5-1-2(6)8-4(7)9-3(1)10/h(H,8,9,10). The molecule has 10 heavy (non-hydrogen) atoms. The molecule has 1 rings (SSSR count). The summed E-state index contributed by atoms with van der Waals surface area (Å²) >= 11 is 13.7. The van der Waals surface area contributed by atoms with Gasteiger partial charge >= 0.3 is 0 Å². The van der Waals surface area contributed by atoms with Gasteiger partial charge in [-0.15, -0.1) is 0 Å². The summed E-state index contributed by atoms with van der Waals surface area (Å²) in [6, 6.07) is 0. The van der Waals surface area contributed by atoms with E-state index >= 15 is 0 Å². The Labute approximate surface area is 74.5 Å². The van der Waals surface area contributed by atoms with Crippen LogP contribution in [0.25, 0.3) is 0 Å². The molecule has 0 amide bonds. The predicted molar refractivity (Wildman–Crippen MR) is 42.6 cm³/mol. The van der Waals surface area contributed by atoms with Gasteiger partial charge in [0.1, 0.15) is 4.47 Å². The van der Waals surface area contributed by atoms with Crippen molar-refractivity contribution in [1.82, 2.24) is 9.97 Å². The highest BCUT2D eigenvalue weighted by molar-refractivity contribution is 9.10. The fourth-order valence-electron chi connectivity index (χ4n) is 0.405. The Bertz CT molecular complexity index is 311. The summed E-state index contributed by atoms with van der Waals surface area (Å²) in [4.78, 5) is 16.6. The molecule has 0 spiro atoms. The van der Waals surface area contributed by atoms with Crippen LogP contribution in [0.4, 0.5) is 0 Å². The third-order valence-corrected chi connectivity index (χ3v) is 2.21. The van der Waals surface area contributed by atoms with E-state index in [4.69, 9.17) is 23.2 Å². The van der Waals surface area contributed by atoms with E-state index in [0.29, 0.717) is 0 Å². The molecule has 0 bridgehead atoms. The quantitative estimate of drug-likeness (QED) is 0.558. The lowest BCUT2D eigenvalue weighted by molar-refractivity contribution is 1.10. The lowest BCUT2D eigenvalue weighted by Crippen LogP contribution is -2.08. The van der Waals surface area contributed by atoms with Crippen LogP contribution < -0.4 is 5.56 Å². The Balaban J connectivity index is 3.46. The van der Waals surface area contributed by atoms with Crippen LogP contribution in [0.15, 0.2) is 9.27 Å². The number of aromatic nitrogens is 2. The molecule has 0 saturated carbocycles. The van der Waals surface area contributed by atoms with Crippen LogP contribution in [-0.4, -0.2) is 9.97 Å². The van der Waals surface area contributed by atoms with Crippen molar-refractivity contribution < 1.29 is 0 Å². The summed E-state index contributed by atoms with van der Waals surface area (Å²) < 4.78 is 0.193. The fraction of sp³-hybridized carbons (Fsp3) is 0. The monoisotopic (exact) mass is 242 g/mol. The summed E-state index contributed by atoms with van der Waals surface area (Å²) in [6.45, 7) is 0. The molecule has 1 aromatic rings. The minimum atomic E-state index is -0.384. The van der Waals surface area contributed by atoms with Gasteiger partial charge in [0.15, 0.2) is 5.15 Å². The Morgan fingerprint density at radius 3 is 2.60 bits per heavy atom. The summed E-state index contributed by atoms with van der Waals surface area (Å²) in [5.74, 6) is 0. The van der Waals surface area contributed by atoms with Crippen molar-refractivity contribution in [3.8, 4) is 0 Å². The highest BCUT2D eigenvalue weighted by Gasteiger charge is 2.03. The minimum Gasteiger partial charge on any atom is -0.296 e. The van der Waals surface area contributed by atoms with E-state index in [-0.39, 0.29) is 20.5 Å². The average molecular weight is 244 g/mol. The SMILES string of the molecule is O=c1[nH]c(Cl)nc(Cl)c1Br. The number of hydrogen-bond acceptors (Lipinski definition) is 2.